The molecular formula is C49H62O7. The quantitative estimate of drug-likeness (QED) is 0.0669. The van der Waals surface area contributed by atoms with Crippen molar-refractivity contribution in [1.29, 1.82) is 0 Å². The fraction of sp³-hybridized carbons (Fsp3) is 0.469. The summed E-state index contributed by atoms with van der Waals surface area (Å²) in [7, 11) is 0. The molecule has 300 valence electrons. The zero-order valence-electron chi connectivity index (χ0n) is 34.5. The van der Waals surface area contributed by atoms with E-state index in [4.69, 9.17) is 28.4 Å². The second kappa shape index (κ2) is 17.5. The number of benzene rings is 4. The lowest BCUT2D eigenvalue weighted by atomic mass is 9.78. The minimum atomic E-state index is -0.697. The lowest BCUT2D eigenvalue weighted by Gasteiger charge is -2.42. The van der Waals surface area contributed by atoms with Gasteiger partial charge < -0.3 is 33.5 Å². The Kier molecular flexibility index (Phi) is 12.9. The molecule has 0 spiro atoms. The van der Waals surface area contributed by atoms with Crippen LogP contribution in [0, 0.1) is 0 Å². The van der Waals surface area contributed by atoms with E-state index in [9.17, 15) is 5.11 Å². The molecule has 2 aliphatic heterocycles. The number of hydrogen-bond donors (Lipinski definition) is 1. The van der Waals surface area contributed by atoms with Crippen LogP contribution in [0.15, 0.2) is 110 Å². The molecule has 2 fully saturated rings. The summed E-state index contributed by atoms with van der Waals surface area (Å²) in [5.74, 6) is 3.18. The predicted molar refractivity (Wildman–Crippen MR) is 224 cm³/mol. The van der Waals surface area contributed by atoms with Crippen molar-refractivity contribution in [2.24, 2.45) is 0 Å². The van der Waals surface area contributed by atoms with Gasteiger partial charge in [0.1, 0.15) is 54.0 Å². The fourth-order valence-corrected chi connectivity index (χ4v) is 7.68. The first-order chi connectivity index (χ1) is 26.8. The first-order valence-electron chi connectivity index (χ1n) is 20.5. The van der Waals surface area contributed by atoms with Crippen LogP contribution in [0.2, 0.25) is 0 Å². The minimum absolute atomic E-state index is 0.0449. The Labute approximate surface area is 335 Å². The highest BCUT2D eigenvalue weighted by Crippen LogP contribution is 2.38. The van der Waals surface area contributed by atoms with Gasteiger partial charge in [-0.3, -0.25) is 0 Å². The maximum atomic E-state index is 11.2. The van der Waals surface area contributed by atoms with Gasteiger partial charge in [-0.2, -0.15) is 0 Å². The normalized spacial score (nSPS) is 18.6. The van der Waals surface area contributed by atoms with Gasteiger partial charge in [0.05, 0.1) is 12.7 Å². The summed E-state index contributed by atoms with van der Waals surface area (Å²) >= 11 is 0. The van der Waals surface area contributed by atoms with Crippen molar-refractivity contribution in [3.8, 4) is 23.0 Å². The lowest BCUT2D eigenvalue weighted by molar-refractivity contribution is -0.140. The number of aliphatic hydroxyl groups is 1. The Morgan fingerprint density at radius 1 is 0.661 bits per heavy atom. The smallest absolute Gasteiger partial charge is 0.153 e. The number of hydrogen-bond acceptors (Lipinski definition) is 7. The van der Waals surface area contributed by atoms with Crippen LogP contribution in [0.3, 0.4) is 0 Å². The third-order valence-electron chi connectivity index (χ3n) is 12.3. The van der Waals surface area contributed by atoms with Crippen LogP contribution in [0.4, 0.5) is 0 Å². The van der Waals surface area contributed by atoms with E-state index in [1.54, 1.807) is 0 Å². The molecule has 2 saturated heterocycles. The summed E-state index contributed by atoms with van der Waals surface area (Å²) in [4.78, 5) is 0. The molecule has 4 aromatic rings. The minimum Gasteiger partial charge on any atom is -0.491 e. The zero-order valence-corrected chi connectivity index (χ0v) is 34.5. The van der Waals surface area contributed by atoms with Crippen LogP contribution < -0.4 is 18.9 Å². The summed E-state index contributed by atoms with van der Waals surface area (Å²) in [6.07, 6.45) is 5.23. The molecule has 7 nitrogen and oxygen atoms in total. The number of aliphatic hydroxyl groups excluding tert-OH is 1. The number of ether oxygens (including phenoxy) is 6. The van der Waals surface area contributed by atoms with Crippen molar-refractivity contribution in [2.45, 2.75) is 121 Å². The molecule has 6 rings (SSSR count). The van der Waals surface area contributed by atoms with E-state index in [1.807, 2.05) is 54.6 Å². The topological polar surface area (TPSA) is 78.9 Å². The van der Waals surface area contributed by atoms with Crippen LogP contribution in [-0.2, 0) is 20.3 Å². The molecule has 0 bridgehead atoms. The Balaban J connectivity index is 1.02. The third-order valence-corrected chi connectivity index (χ3v) is 12.3. The van der Waals surface area contributed by atoms with Gasteiger partial charge in [-0.15, -0.1) is 0 Å². The zero-order chi connectivity index (χ0) is 40.0. The molecule has 56 heavy (non-hydrogen) atoms. The van der Waals surface area contributed by atoms with Gasteiger partial charge in [-0.1, -0.05) is 104 Å². The summed E-state index contributed by atoms with van der Waals surface area (Å²) < 4.78 is 36.1. The highest BCUT2D eigenvalue weighted by Gasteiger charge is 2.42. The first kappa shape index (κ1) is 41.3. The molecule has 4 atom stereocenters. The van der Waals surface area contributed by atoms with Crippen LogP contribution in [0.5, 0.6) is 23.0 Å². The van der Waals surface area contributed by atoms with Gasteiger partial charge in [-0.05, 0) is 96.1 Å². The van der Waals surface area contributed by atoms with E-state index in [0.29, 0.717) is 13.0 Å². The molecule has 0 aromatic heterocycles. The van der Waals surface area contributed by atoms with E-state index in [0.717, 1.165) is 67.5 Å². The number of rotatable bonds is 21. The van der Waals surface area contributed by atoms with Crippen LogP contribution >= 0.6 is 0 Å². The van der Waals surface area contributed by atoms with Crippen molar-refractivity contribution in [3.05, 3.63) is 132 Å². The molecule has 0 aliphatic carbocycles. The molecule has 2 heterocycles. The highest BCUT2D eigenvalue weighted by molar-refractivity contribution is 5.43. The van der Waals surface area contributed by atoms with Crippen LogP contribution in [-0.4, -0.2) is 61.0 Å². The average molecular weight is 763 g/mol. The van der Waals surface area contributed by atoms with Gasteiger partial charge in [-0.25, -0.2) is 0 Å². The Hall–Kier alpha value is -4.30. The predicted octanol–water partition coefficient (Wildman–Crippen LogP) is 10.4. The Morgan fingerprint density at radius 2 is 1.09 bits per heavy atom. The summed E-state index contributed by atoms with van der Waals surface area (Å²) in [6.45, 7) is 21.6. The monoisotopic (exact) mass is 762 g/mol. The van der Waals surface area contributed by atoms with Gasteiger partial charge >= 0.3 is 0 Å². The van der Waals surface area contributed by atoms with Crippen molar-refractivity contribution in [1.82, 2.24) is 0 Å². The molecule has 0 radical (unpaired) electrons. The van der Waals surface area contributed by atoms with E-state index in [1.165, 1.54) is 16.7 Å². The van der Waals surface area contributed by atoms with Crippen molar-refractivity contribution >= 4 is 0 Å². The summed E-state index contributed by atoms with van der Waals surface area (Å²) in [5, 5.41) is 11.2. The molecule has 0 amide bonds. The highest BCUT2D eigenvalue weighted by atomic mass is 16.6. The third kappa shape index (κ3) is 9.45. The van der Waals surface area contributed by atoms with Crippen LogP contribution in [0.1, 0.15) is 103 Å². The summed E-state index contributed by atoms with van der Waals surface area (Å²) in [6, 6.07) is 33.2. The Morgan fingerprint density at radius 3 is 1.46 bits per heavy atom. The van der Waals surface area contributed by atoms with Crippen LogP contribution in [0.25, 0.3) is 0 Å². The second-order valence-corrected chi connectivity index (χ2v) is 16.5. The molecule has 0 saturated carbocycles. The molecule has 2 aliphatic rings. The standard InChI is InChI=1S/C49H62O7/c1-9-48(10-2,55-42-25-17-37(18-26-42)46(5,6)36-15-23-41(24-16-36)53-33-44-34-54-44)31-39(50)32-52-40-21-13-35(14-22-40)47(7,8)38-19-27-43(28-20-38)56-49(11-3,12-4)45-29-30-51-45/h11,13-28,39,44-45,50H,3,9-10,12,29-34H2,1-2,4-8H3. The van der Waals surface area contributed by atoms with Crippen molar-refractivity contribution in [3.63, 3.8) is 0 Å². The first-order valence-corrected chi connectivity index (χ1v) is 20.5. The van der Waals surface area contributed by atoms with Crippen molar-refractivity contribution < 1.29 is 33.5 Å². The maximum absolute atomic E-state index is 11.2. The maximum Gasteiger partial charge on any atom is 0.153 e. The van der Waals surface area contributed by atoms with Crippen molar-refractivity contribution in [2.75, 3.05) is 26.4 Å². The molecular weight excluding hydrogens is 701 g/mol. The van der Waals surface area contributed by atoms with Gasteiger partial charge in [0, 0.05) is 30.3 Å². The molecule has 7 heteroatoms. The SMILES string of the molecule is C=CC(CC)(Oc1ccc(C(C)(C)c2ccc(OCC(O)CC(CC)(CC)Oc3ccc(C(C)(C)c4ccc(OCC5CO5)cc4)cc3)cc2)cc1)C1CCO1. The fourth-order valence-electron chi connectivity index (χ4n) is 7.68. The lowest BCUT2D eigenvalue weighted by Crippen LogP contribution is -2.52. The second-order valence-electron chi connectivity index (χ2n) is 16.5. The van der Waals surface area contributed by atoms with Gasteiger partial charge in [0.25, 0.3) is 0 Å². The summed E-state index contributed by atoms with van der Waals surface area (Å²) in [5.41, 5.74) is 3.26. The molecule has 4 aromatic carbocycles. The average Bonchev–Trinajstić information content (AvgIpc) is 4.03. The number of epoxide rings is 1. The van der Waals surface area contributed by atoms with E-state index >= 15 is 0 Å². The van der Waals surface area contributed by atoms with E-state index < -0.39 is 17.3 Å². The largest absolute Gasteiger partial charge is 0.491 e. The van der Waals surface area contributed by atoms with Gasteiger partial charge in [0.2, 0.25) is 0 Å². The van der Waals surface area contributed by atoms with Gasteiger partial charge in [0.15, 0.2) is 5.60 Å². The van der Waals surface area contributed by atoms with E-state index in [2.05, 4.69) is 104 Å². The Bertz CT molecular complexity index is 1830. The molecule has 4 unspecified atom stereocenters. The van der Waals surface area contributed by atoms with E-state index in [-0.39, 0.29) is 29.6 Å². The molecule has 1 N–H and O–H groups in total.